The number of ether oxygens (including phenoxy) is 1. The largest absolute Gasteiger partial charge is 0.492 e. The minimum atomic E-state index is -4.16. The van der Waals surface area contributed by atoms with Crippen molar-refractivity contribution in [2.75, 3.05) is 24.0 Å². The Morgan fingerprint density at radius 1 is 0.925 bits per heavy atom. The van der Waals surface area contributed by atoms with Gasteiger partial charge in [0.25, 0.3) is 10.0 Å². The fourth-order valence-electron chi connectivity index (χ4n) is 4.47. The molecule has 1 N–H and O–H groups in total. The molecular formula is C31H39N3O5S. The second kappa shape index (κ2) is 14.5. The zero-order chi connectivity index (χ0) is 29.1. The summed E-state index contributed by atoms with van der Waals surface area (Å²) < 4.78 is 34.8. The summed E-state index contributed by atoms with van der Waals surface area (Å²) in [6.07, 6.45) is 1.12. The molecule has 0 heterocycles. The van der Waals surface area contributed by atoms with Gasteiger partial charge >= 0.3 is 0 Å². The molecule has 3 rings (SSSR count). The molecule has 0 aromatic heterocycles. The Morgan fingerprint density at radius 2 is 1.62 bits per heavy atom. The van der Waals surface area contributed by atoms with Gasteiger partial charge in [0.2, 0.25) is 11.8 Å². The van der Waals surface area contributed by atoms with Crippen molar-refractivity contribution in [1.29, 1.82) is 0 Å². The fraction of sp³-hybridized carbons (Fsp3) is 0.355. The molecule has 8 nitrogen and oxygen atoms in total. The third kappa shape index (κ3) is 7.63. The number of anilines is 1. The van der Waals surface area contributed by atoms with E-state index in [4.69, 9.17) is 4.74 Å². The van der Waals surface area contributed by atoms with Crippen LogP contribution in [-0.4, -0.2) is 50.9 Å². The van der Waals surface area contributed by atoms with Gasteiger partial charge in [-0.1, -0.05) is 74.0 Å². The number of carbonyl (C=O) groups is 2. The van der Waals surface area contributed by atoms with Crippen molar-refractivity contribution in [2.24, 2.45) is 0 Å². The maximum atomic E-state index is 14.1. The fourth-order valence-corrected chi connectivity index (χ4v) is 5.91. The number of sulfonamides is 1. The van der Waals surface area contributed by atoms with Crippen LogP contribution in [0.5, 0.6) is 5.75 Å². The van der Waals surface area contributed by atoms with Crippen LogP contribution in [0.1, 0.15) is 44.7 Å². The maximum Gasteiger partial charge on any atom is 0.264 e. The summed E-state index contributed by atoms with van der Waals surface area (Å²) in [6.45, 7) is 8.02. The molecule has 9 heteroatoms. The number of nitrogens with one attached hydrogen (secondary N) is 1. The number of benzene rings is 3. The third-order valence-electron chi connectivity index (χ3n) is 6.41. The lowest BCUT2D eigenvalue weighted by Crippen LogP contribution is -2.52. The first kappa shape index (κ1) is 30.7. The molecule has 1 atom stereocenters. The van der Waals surface area contributed by atoms with E-state index in [0.29, 0.717) is 25.3 Å². The van der Waals surface area contributed by atoms with Gasteiger partial charge in [-0.05, 0) is 56.5 Å². The van der Waals surface area contributed by atoms with E-state index in [1.165, 1.54) is 17.0 Å². The van der Waals surface area contributed by atoms with Crippen molar-refractivity contribution < 1.29 is 22.7 Å². The van der Waals surface area contributed by atoms with Crippen LogP contribution in [0.3, 0.4) is 0 Å². The lowest BCUT2D eigenvalue weighted by atomic mass is 10.1. The predicted molar refractivity (Wildman–Crippen MR) is 158 cm³/mol. The molecule has 3 aromatic rings. The normalized spacial score (nSPS) is 11.9. The summed E-state index contributed by atoms with van der Waals surface area (Å²) in [6, 6.07) is 21.7. The molecule has 3 aromatic carbocycles. The zero-order valence-corrected chi connectivity index (χ0v) is 24.5. The van der Waals surface area contributed by atoms with E-state index in [9.17, 15) is 18.0 Å². The molecule has 40 heavy (non-hydrogen) atoms. The number of aryl methyl sites for hydroxylation is 1. The first-order chi connectivity index (χ1) is 19.2. The van der Waals surface area contributed by atoms with Crippen LogP contribution in [0, 0.1) is 6.92 Å². The average Bonchev–Trinajstić information content (AvgIpc) is 2.95. The molecule has 0 aliphatic rings. The number of hydrogen-bond acceptors (Lipinski definition) is 5. The summed E-state index contributed by atoms with van der Waals surface area (Å²) >= 11 is 0. The van der Waals surface area contributed by atoms with Gasteiger partial charge in [-0.25, -0.2) is 8.42 Å². The molecule has 214 valence electrons. The summed E-state index contributed by atoms with van der Waals surface area (Å²) in [5.41, 5.74) is 2.12. The lowest BCUT2D eigenvalue weighted by molar-refractivity contribution is -0.140. The Balaban J connectivity index is 2.09. The third-order valence-corrected chi connectivity index (χ3v) is 8.19. The standard InChI is InChI=1S/C31H39N3O5S/c1-5-20-32-31(36)27(6-2)33(22-25-15-13-14-24(4)21-25)30(35)23-34(28-18-11-12-19-29(28)39-7-3)40(37,38)26-16-9-8-10-17-26/h8-19,21,27H,5-7,20,22-23H2,1-4H3,(H,32,36)/t27-/m0/s1. The molecule has 0 fully saturated rings. The Hall–Kier alpha value is -3.85. The quantitative estimate of drug-likeness (QED) is 0.299. The zero-order valence-electron chi connectivity index (χ0n) is 23.7. The summed E-state index contributed by atoms with van der Waals surface area (Å²) in [5, 5.41) is 2.90. The van der Waals surface area contributed by atoms with Crippen LogP contribution < -0.4 is 14.4 Å². The van der Waals surface area contributed by atoms with Gasteiger partial charge in [0.05, 0.1) is 17.2 Å². The molecule has 0 spiro atoms. The number of para-hydroxylation sites is 2. The van der Waals surface area contributed by atoms with E-state index in [1.807, 2.05) is 52.0 Å². The van der Waals surface area contributed by atoms with Crippen LogP contribution in [0.25, 0.3) is 0 Å². The first-order valence-corrected chi connectivity index (χ1v) is 15.1. The predicted octanol–water partition coefficient (Wildman–Crippen LogP) is 4.92. The number of nitrogens with zero attached hydrogens (tertiary/aromatic N) is 2. The minimum absolute atomic E-state index is 0.0482. The highest BCUT2D eigenvalue weighted by Gasteiger charge is 2.34. The van der Waals surface area contributed by atoms with Crippen molar-refractivity contribution in [1.82, 2.24) is 10.2 Å². The molecule has 0 radical (unpaired) electrons. The topological polar surface area (TPSA) is 96.0 Å². The van der Waals surface area contributed by atoms with E-state index in [0.717, 1.165) is 21.9 Å². The van der Waals surface area contributed by atoms with Crippen LogP contribution in [0.2, 0.25) is 0 Å². The second-order valence-corrected chi connectivity index (χ2v) is 11.3. The number of amides is 2. The molecule has 0 aliphatic heterocycles. The SMILES string of the molecule is CCCNC(=O)[C@H](CC)N(Cc1cccc(C)c1)C(=O)CN(c1ccccc1OCC)S(=O)(=O)c1ccccc1. The van der Waals surface area contributed by atoms with E-state index in [-0.39, 0.29) is 23.0 Å². The molecule has 0 saturated carbocycles. The first-order valence-electron chi connectivity index (χ1n) is 13.6. The van der Waals surface area contributed by atoms with Crippen molar-refractivity contribution in [3.8, 4) is 5.75 Å². The highest BCUT2D eigenvalue weighted by molar-refractivity contribution is 7.92. The van der Waals surface area contributed by atoms with Gasteiger partial charge in [-0.2, -0.15) is 0 Å². The molecule has 0 aliphatic carbocycles. The Bertz CT molecular complexity index is 1380. The Labute approximate surface area is 238 Å². The van der Waals surface area contributed by atoms with Crippen molar-refractivity contribution in [2.45, 2.75) is 58.0 Å². The van der Waals surface area contributed by atoms with Gasteiger partial charge in [0.1, 0.15) is 18.3 Å². The van der Waals surface area contributed by atoms with Crippen molar-refractivity contribution in [3.63, 3.8) is 0 Å². The van der Waals surface area contributed by atoms with E-state index >= 15 is 0 Å². The number of carbonyl (C=O) groups excluding carboxylic acids is 2. The van der Waals surface area contributed by atoms with Gasteiger partial charge in [0.15, 0.2) is 0 Å². The van der Waals surface area contributed by atoms with Gasteiger partial charge in [0, 0.05) is 13.1 Å². The van der Waals surface area contributed by atoms with Crippen LogP contribution in [0.15, 0.2) is 83.8 Å². The van der Waals surface area contributed by atoms with Crippen LogP contribution in [0.4, 0.5) is 5.69 Å². The molecular weight excluding hydrogens is 526 g/mol. The monoisotopic (exact) mass is 565 g/mol. The van der Waals surface area contributed by atoms with E-state index < -0.39 is 28.5 Å². The highest BCUT2D eigenvalue weighted by atomic mass is 32.2. The Morgan fingerprint density at radius 3 is 2.27 bits per heavy atom. The molecule has 2 amide bonds. The van der Waals surface area contributed by atoms with Gasteiger partial charge in [-0.3, -0.25) is 13.9 Å². The van der Waals surface area contributed by atoms with Gasteiger partial charge < -0.3 is 15.0 Å². The second-order valence-electron chi connectivity index (χ2n) is 9.45. The number of rotatable bonds is 14. The lowest BCUT2D eigenvalue weighted by Gasteiger charge is -2.33. The number of hydrogen-bond donors (Lipinski definition) is 1. The van der Waals surface area contributed by atoms with E-state index in [1.54, 1.807) is 42.5 Å². The van der Waals surface area contributed by atoms with Crippen LogP contribution in [-0.2, 0) is 26.2 Å². The van der Waals surface area contributed by atoms with Crippen LogP contribution >= 0.6 is 0 Å². The summed E-state index contributed by atoms with van der Waals surface area (Å²) in [5.74, 6) is -0.418. The molecule has 0 saturated heterocycles. The summed E-state index contributed by atoms with van der Waals surface area (Å²) in [4.78, 5) is 28.9. The van der Waals surface area contributed by atoms with E-state index in [2.05, 4.69) is 5.32 Å². The molecule has 0 bridgehead atoms. The maximum absolute atomic E-state index is 14.1. The average molecular weight is 566 g/mol. The highest BCUT2D eigenvalue weighted by Crippen LogP contribution is 2.33. The van der Waals surface area contributed by atoms with Crippen molar-refractivity contribution >= 4 is 27.5 Å². The smallest absolute Gasteiger partial charge is 0.264 e. The Kier molecular flexibility index (Phi) is 11.1. The molecule has 0 unspecified atom stereocenters. The van der Waals surface area contributed by atoms with Gasteiger partial charge in [-0.15, -0.1) is 0 Å². The summed E-state index contributed by atoms with van der Waals surface area (Å²) in [7, 11) is -4.16. The van der Waals surface area contributed by atoms with Crippen molar-refractivity contribution in [3.05, 3.63) is 90.0 Å². The minimum Gasteiger partial charge on any atom is -0.492 e.